The first-order valence-electron chi connectivity index (χ1n) is 9.73. The first-order valence-corrected chi connectivity index (χ1v) is 9.73. The summed E-state index contributed by atoms with van der Waals surface area (Å²) >= 11 is 0. The molecule has 0 bridgehead atoms. The molecule has 2 aromatic heterocycles. The number of anilines is 3. The predicted molar refractivity (Wildman–Crippen MR) is 116 cm³/mol. The van der Waals surface area contributed by atoms with E-state index in [-0.39, 0.29) is 17.2 Å². The van der Waals surface area contributed by atoms with E-state index in [9.17, 15) is 9.59 Å². The molecule has 1 aliphatic rings. The predicted octanol–water partition coefficient (Wildman–Crippen LogP) is 4.01. The number of nitrogens with zero attached hydrogens (tertiary/aromatic N) is 2. The third kappa shape index (κ3) is 3.87. The van der Waals surface area contributed by atoms with E-state index in [1.54, 1.807) is 36.7 Å². The van der Waals surface area contributed by atoms with Crippen molar-refractivity contribution in [3.8, 4) is 0 Å². The van der Waals surface area contributed by atoms with Crippen LogP contribution in [0.1, 0.15) is 52.7 Å². The summed E-state index contributed by atoms with van der Waals surface area (Å²) < 4.78 is 0. The lowest BCUT2D eigenvalue weighted by Gasteiger charge is -2.18. The van der Waals surface area contributed by atoms with Crippen molar-refractivity contribution in [2.24, 2.45) is 0 Å². The average molecular weight is 401 g/mol. The number of pyridine rings is 2. The molecule has 7 heteroatoms. The lowest BCUT2D eigenvalue weighted by Crippen LogP contribution is -2.16. The number of amides is 2. The minimum Gasteiger partial charge on any atom is -0.348 e. The summed E-state index contributed by atoms with van der Waals surface area (Å²) in [4.78, 5) is 33.6. The Balaban J connectivity index is 1.57. The van der Waals surface area contributed by atoms with Crippen LogP contribution in [0.3, 0.4) is 0 Å². The first kappa shape index (κ1) is 19.6. The Bertz CT molecular complexity index is 1120. The Morgan fingerprint density at radius 2 is 1.90 bits per heavy atom. The van der Waals surface area contributed by atoms with E-state index in [4.69, 9.17) is 0 Å². The van der Waals surface area contributed by atoms with Crippen LogP contribution in [-0.2, 0) is 12.0 Å². The fourth-order valence-electron chi connectivity index (χ4n) is 3.30. The number of rotatable bonds is 4. The van der Waals surface area contributed by atoms with E-state index in [0.717, 1.165) is 16.9 Å². The lowest BCUT2D eigenvalue weighted by atomic mass is 9.92. The zero-order valence-electron chi connectivity index (χ0n) is 17.1. The summed E-state index contributed by atoms with van der Waals surface area (Å²) in [6.45, 7) is 6.71. The van der Waals surface area contributed by atoms with Gasteiger partial charge in [-0.3, -0.25) is 14.6 Å². The Morgan fingerprint density at radius 1 is 1.07 bits per heavy atom. The maximum absolute atomic E-state index is 12.9. The van der Waals surface area contributed by atoms with Gasteiger partial charge in [0.25, 0.3) is 11.8 Å². The highest BCUT2D eigenvalue weighted by Gasteiger charge is 2.22. The number of carbonyl (C=O) groups excluding carboxylic acids is 2. The molecule has 3 heterocycles. The Labute approximate surface area is 175 Å². The highest BCUT2D eigenvalue weighted by atomic mass is 16.2. The first-order chi connectivity index (χ1) is 14.3. The molecule has 0 aliphatic carbocycles. The van der Waals surface area contributed by atoms with E-state index in [1.165, 1.54) is 0 Å². The second-order valence-corrected chi connectivity index (χ2v) is 8.18. The van der Waals surface area contributed by atoms with E-state index in [1.807, 2.05) is 18.2 Å². The zero-order valence-corrected chi connectivity index (χ0v) is 17.1. The smallest absolute Gasteiger partial charge is 0.259 e. The molecule has 7 nitrogen and oxygen atoms in total. The standard InChI is InChI=1S/C23H23N5O2/c1-23(2,3)19-10-9-14(12-25-19)27-22(30)16-7-5-11-24-20(16)28-18-8-4-6-15-17(18)13-26-21(15)29/h4-12H,13H2,1-3H3,(H,24,28)(H,26,29)(H,27,30). The van der Waals surface area contributed by atoms with Gasteiger partial charge in [0, 0.05) is 40.7 Å². The normalized spacial score (nSPS) is 12.8. The maximum atomic E-state index is 12.9. The monoisotopic (exact) mass is 401 g/mol. The quantitative estimate of drug-likeness (QED) is 0.614. The Kier molecular flexibility index (Phi) is 4.95. The molecule has 3 aromatic rings. The third-order valence-electron chi connectivity index (χ3n) is 4.94. The topological polar surface area (TPSA) is 96.0 Å². The molecular weight excluding hydrogens is 378 g/mol. The van der Waals surface area contributed by atoms with Crippen LogP contribution in [0.15, 0.2) is 54.9 Å². The highest BCUT2D eigenvalue weighted by molar-refractivity contribution is 6.08. The molecule has 0 atom stereocenters. The van der Waals surface area contributed by atoms with Crippen molar-refractivity contribution in [3.05, 3.63) is 77.2 Å². The molecule has 4 rings (SSSR count). The van der Waals surface area contributed by atoms with Gasteiger partial charge in [0.05, 0.1) is 17.4 Å². The molecule has 3 N–H and O–H groups in total. The van der Waals surface area contributed by atoms with Crippen molar-refractivity contribution in [1.29, 1.82) is 0 Å². The minimum absolute atomic E-state index is 0.0604. The van der Waals surface area contributed by atoms with E-state index in [0.29, 0.717) is 29.2 Å². The number of carbonyl (C=O) groups is 2. The van der Waals surface area contributed by atoms with Crippen LogP contribution >= 0.6 is 0 Å². The SMILES string of the molecule is CC(C)(C)c1ccc(NC(=O)c2cccnc2Nc2cccc3c2CNC3=O)cn1. The molecule has 30 heavy (non-hydrogen) atoms. The average Bonchev–Trinajstić information content (AvgIpc) is 3.10. The second-order valence-electron chi connectivity index (χ2n) is 8.18. The summed E-state index contributed by atoms with van der Waals surface area (Å²) in [5.41, 5.74) is 4.13. The Morgan fingerprint density at radius 3 is 2.63 bits per heavy atom. The van der Waals surface area contributed by atoms with Gasteiger partial charge in [0.2, 0.25) is 0 Å². The van der Waals surface area contributed by atoms with Crippen LogP contribution in [0.5, 0.6) is 0 Å². The van der Waals surface area contributed by atoms with E-state index in [2.05, 4.69) is 46.7 Å². The zero-order chi connectivity index (χ0) is 21.3. The summed E-state index contributed by atoms with van der Waals surface area (Å²) in [6, 6.07) is 12.6. The number of hydrogen-bond donors (Lipinski definition) is 3. The van der Waals surface area contributed by atoms with Gasteiger partial charge < -0.3 is 16.0 Å². The van der Waals surface area contributed by atoms with Gasteiger partial charge in [-0.05, 0) is 36.4 Å². The van der Waals surface area contributed by atoms with Gasteiger partial charge in [0.1, 0.15) is 5.82 Å². The number of fused-ring (bicyclic) bond motifs is 1. The van der Waals surface area contributed by atoms with Gasteiger partial charge in [-0.2, -0.15) is 0 Å². The summed E-state index contributed by atoms with van der Waals surface area (Å²) in [5, 5.41) is 8.89. The lowest BCUT2D eigenvalue weighted by molar-refractivity contribution is 0.0964. The van der Waals surface area contributed by atoms with Gasteiger partial charge >= 0.3 is 0 Å². The molecule has 0 radical (unpaired) electrons. The number of benzene rings is 1. The molecule has 0 spiro atoms. The van der Waals surface area contributed by atoms with Gasteiger partial charge in [-0.25, -0.2) is 4.98 Å². The maximum Gasteiger partial charge on any atom is 0.259 e. The van der Waals surface area contributed by atoms with Crippen molar-refractivity contribution in [1.82, 2.24) is 15.3 Å². The van der Waals surface area contributed by atoms with Crippen LogP contribution in [-0.4, -0.2) is 21.8 Å². The summed E-state index contributed by atoms with van der Waals surface area (Å²) in [6.07, 6.45) is 3.27. The van der Waals surface area contributed by atoms with Gasteiger partial charge in [-0.1, -0.05) is 26.8 Å². The fourth-order valence-corrected chi connectivity index (χ4v) is 3.30. The number of nitrogens with one attached hydrogen (secondary N) is 3. The minimum atomic E-state index is -0.294. The molecule has 152 valence electrons. The molecule has 0 saturated heterocycles. The van der Waals surface area contributed by atoms with Crippen molar-refractivity contribution < 1.29 is 9.59 Å². The molecule has 0 unspecified atom stereocenters. The van der Waals surface area contributed by atoms with Gasteiger partial charge in [-0.15, -0.1) is 0 Å². The molecular formula is C23H23N5O2. The molecule has 1 aromatic carbocycles. The van der Waals surface area contributed by atoms with Crippen LogP contribution in [0.2, 0.25) is 0 Å². The van der Waals surface area contributed by atoms with Crippen molar-refractivity contribution in [3.63, 3.8) is 0 Å². The van der Waals surface area contributed by atoms with E-state index >= 15 is 0 Å². The van der Waals surface area contributed by atoms with Crippen molar-refractivity contribution in [2.75, 3.05) is 10.6 Å². The highest BCUT2D eigenvalue weighted by Crippen LogP contribution is 2.28. The van der Waals surface area contributed by atoms with Crippen LogP contribution in [0.25, 0.3) is 0 Å². The van der Waals surface area contributed by atoms with Crippen molar-refractivity contribution >= 4 is 29.0 Å². The summed E-state index contributed by atoms with van der Waals surface area (Å²) in [5.74, 6) is 0.0264. The molecule has 0 fully saturated rings. The van der Waals surface area contributed by atoms with Gasteiger partial charge in [0.15, 0.2) is 0 Å². The van der Waals surface area contributed by atoms with E-state index < -0.39 is 0 Å². The molecule has 2 amide bonds. The largest absolute Gasteiger partial charge is 0.348 e. The molecule has 0 saturated carbocycles. The second kappa shape index (κ2) is 7.59. The van der Waals surface area contributed by atoms with Crippen LogP contribution in [0, 0.1) is 0 Å². The fraction of sp³-hybridized carbons (Fsp3) is 0.217. The Hall–Kier alpha value is -3.74. The molecule has 1 aliphatic heterocycles. The van der Waals surface area contributed by atoms with Crippen molar-refractivity contribution in [2.45, 2.75) is 32.7 Å². The van der Waals surface area contributed by atoms with Crippen LogP contribution in [0.4, 0.5) is 17.2 Å². The summed E-state index contributed by atoms with van der Waals surface area (Å²) in [7, 11) is 0. The third-order valence-corrected chi connectivity index (χ3v) is 4.94. The number of aromatic nitrogens is 2. The number of hydrogen-bond acceptors (Lipinski definition) is 5. The van der Waals surface area contributed by atoms with Crippen LogP contribution < -0.4 is 16.0 Å².